The van der Waals surface area contributed by atoms with Gasteiger partial charge in [-0.2, -0.15) is 0 Å². The van der Waals surface area contributed by atoms with E-state index in [9.17, 15) is 4.79 Å². The molecule has 0 saturated carbocycles. The second-order valence-corrected chi connectivity index (χ2v) is 5.31. The molecule has 1 aliphatic heterocycles. The van der Waals surface area contributed by atoms with Gasteiger partial charge in [-0.3, -0.25) is 4.79 Å². The Bertz CT molecular complexity index is 447. The van der Waals surface area contributed by atoms with E-state index in [0.717, 1.165) is 32.5 Å². The molecule has 4 nitrogen and oxygen atoms in total. The fourth-order valence-electron chi connectivity index (χ4n) is 2.71. The van der Waals surface area contributed by atoms with Gasteiger partial charge in [-0.15, -0.1) is 12.4 Å². The molecule has 5 heteroatoms. The average molecular weight is 312 g/mol. The number of carbonyl (C=O) groups is 1. The molecule has 1 saturated heterocycles. The van der Waals surface area contributed by atoms with Crippen molar-refractivity contribution in [2.45, 2.75) is 32.7 Å². The van der Waals surface area contributed by atoms with Gasteiger partial charge in [0, 0.05) is 25.3 Å². The molecular formula is C16H26ClN3O. The number of likely N-dealkylation sites (N-methyl/N-ethyl adjacent to an activating group) is 1. The maximum absolute atomic E-state index is 11.9. The predicted molar refractivity (Wildman–Crippen MR) is 90.3 cm³/mol. The van der Waals surface area contributed by atoms with Crippen LogP contribution in [-0.4, -0.2) is 38.1 Å². The van der Waals surface area contributed by atoms with Gasteiger partial charge in [-0.1, -0.05) is 18.2 Å². The quantitative estimate of drug-likeness (QED) is 0.846. The highest BCUT2D eigenvalue weighted by Crippen LogP contribution is 2.18. The fourth-order valence-corrected chi connectivity index (χ4v) is 2.71. The minimum atomic E-state index is 0. The molecule has 118 valence electrons. The van der Waals surface area contributed by atoms with Crippen LogP contribution in [-0.2, 0) is 4.79 Å². The van der Waals surface area contributed by atoms with E-state index >= 15 is 0 Å². The van der Waals surface area contributed by atoms with Gasteiger partial charge in [-0.05, 0) is 44.9 Å². The SMILES string of the molecule is CCN(CCNC(=O)C1CCCN1)c1ccccc1C.Cl. The van der Waals surface area contributed by atoms with Gasteiger partial charge in [0.05, 0.1) is 6.04 Å². The number of aryl methyl sites for hydroxylation is 1. The number of nitrogens with zero attached hydrogens (tertiary/aromatic N) is 1. The van der Waals surface area contributed by atoms with Crippen molar-refractivity contribution in [3.8, 4) is 0 Å². The maximum Gasteiger partial charge on any atom is 0.237 e. The van der Waals surface area contributed by atoms with Crippen LogP contribution in [0.4, 0.5) is 5.69 Å². The van der Waals surface area contributed by atoms with Gasteiger partial charge < -0.3 is 15.5 Å². The number of anilines is 1. The van der Waals surface area contributed by atoms with Crippen LogP contribution in [0, 0.1) is 6.92 Å². The van der Waals surface area contributed by atoms with E-state index in [1.165, 1.54) is 11.3 Å². The summed E-state index contributed by atoms with van der Waals surface area (Å²) >= 11 is 0. The molecule has 0 bridgehead atoms. The second-order valence-electron chi connectivity index (χ2n) is 5.31. The van der Waals surface area contributed by atoms with Crippen molar-refractivity contribution in [3.05, 3.63) is 29.8 Å². The van der Waals surface area contributed by atoms with Crippen LogP contribution in [0.25, 0.3) is 0 Å². The summed E-state index contributed by atoms with van der Waals surface area (Å²) in [4.78, 5) is 14.2. The molecule has 1 aromatic carbocycles. The molecule has 2 rings (SSSR count). The first-order valence-corrected chi connectivity index (χ1v) is 7.54. The summed E-state index contributed by atoms with van der Waals surface area (Å²) < 4.78 is 0. The Kier molecular flexibility index (Phi) is 7.54. The van der Waals surface area contributed by atoms with Crippen LogP contribution in [0.3, 0.4) is 0 Å². The van der Waals surface area contributed by atoms with Crippen molar-refractivity contribution in [2.75, 3.05) is 31.1 Å². The van der Waals surface area contributed by atoms with Gasteiger partial charge in [0.2, 0.25) is 5.91 Å². The highest BCUT2D eigenvalue weighted by atomic mass is 35.5. The molecule has 1 aliphatic rings. The molecule has 0 spiro atoms. The third kappa shape index (κ3) is 4.90. The minimum Gasteiger partial charge on any atom is -0.370 e. The van der Waals surface area contributed by atoms with Crippen molar-refractivity contribution in [3.63, 3.8) is 0 Å². The molecule has 2 N–H and O–H groups in total. The Morgan fingerprint density at radius 3 is 2.81 bits per heavy atom. The second kappa shape index (κ2) is 8.90. The van der Waals surface area contributed by atoms with E-state index in [1.807, 2.05) is 0 Å². The minimum absolute atomic E-state index is 0. The monoisotopic (exact) mass is 311 g/mol. The number of amides is 1. The molecule has 1 unspecified atom stereocenters. The maximum atomic E-state index is 11.9. The summed E-state index contributed by atoms with van der Waals surface area (Å²) in [6.45, 7) is 7.72. The fraction of sp³-hybridized carbons (Fsp3) is 0.562. The van der Waals surface area contributed by atoms with E-state index in [-0.39, 0.29) is 24.4 Å². The van der Waals surface area contributed by atoms with Gasteiger partial charge >= 0.3 is 0 Å². The van der Waals surface area contributed by atoms with Crippen LogP contribution >= 0.6 is 12.4 Å². The third-order valence-electron chi connectivity index (χ3n) is 3.90. The molecule has 1 amide bonds. The number of carbonyl (C=O) groups excluding carboxylic acids is 1. The molecule has 1 atom stereocenters. The summed E-state index contributed by atoms with van der Waals surface area (Å²) in [5.41, 5.74) is 2.53. The lowest BCUT2D eigenvalue weighted by atomic mass is 10.2. The Hall–Kier alpha value is -1.26. The van der Waals surface area contributed by atoms with Crippen molar-refractivity contribution in [2.24, 2.45) is 0 Å². The molecule has 0 aliphatic carbocycles. The van der Waals surface area contributed by atoms with Crippen molar-refractivity contribution in [1.82, 2.24) is 10.6 Å². The molecule has 0 aromatic heterocycles. The van der Waals surface area contributed by atoms with E-state index in [0.29, 0.717) is 6.54 Å². The van der Waals surface area contributed by atoms with Gasteiger partial charge in [0.15, 0.2) is 0 Å². The van der Waals surface area contributed by atoms with E-state index in [1.54, 1.807) is 0 Å². The number of rotatable bonds is 6. The number of nitrogens with one attached hydrogen (secondary N) is 2. The van der Waals surface area contributed by atoms with Gasteiger partial charge in [0.25, 0.3) is 0 Å². The number of halogens is 1. The number of hydrogen-bond donors (Lipinski definition) is 2. The highest BCUT2D eigenvalue weighted by molar-refractivity contribution is 5.85. The van der Waals surface area contributed by atoms with Crippen LogP contribution < -0.4 is 15.5 Å². The standard InChI is InChI=1S/C16H25N3O.ClH/c1-3-19(15-9-5-4-7-13(15)2)12-11-18-16(20)14-8-6-10-17-14;/h4-5,7,9,14,17H,3,6,8,10-12H2,1-2H3,(H,18,20);1H. The summed E-state index contributed by atoms with van der Waals surface area (Å²) in [5, 5.41) is 6.26. The van der Waals surface area contributed by atoms with Crippen molar-refractivity contribution < 1.29 is 4.79 Å². The Labute approximate surface area is 133 Å². The molecule has 0 radical (unpaired) electrons. The van der Waals surface area contributed by atoms with Crippen LogP contribution in [0.1, 0.15) is 25.3 Å². The molecule has 1 aromatic rings. The zero-order valence-corrected chi connectivity index (χ0v) is 13.7. The normalized spacial score (nSPS) is 17.1. The Morgan fingerprint density at radius 1 is 1.43 bits per heavy atom. The predicted octanol–water partition coefficient (Wildman–Crippen LogP) is 2.11. The van der Waals surface area contributed by atoms with Crippen LogP contribution in [0.2, 0.25) is 0 Å². The van der Waals surface area contributed by atoms with Gasteiger partial charge in [0.1, 0.15) is 0 Å². The molecule has 1 fully saturated rings. The summed E-state index contributed by atoms with van der Waals surface area (Å²) in [6.07, 6.45) is 2.06. The lowest BCUT2D eigenvalue weighted by Gasteiger charge is -2.25. The third-order valence-corrected chi connectivity index (χ3v) is 3.90. The Morgan fingerprint density at radius 2 is 2.19 bits per heavy atom. The number of hydrogen-bond acceptors (Lipinski definition) is 3. The average Bonchev–Trinajstić information content (AvgIpc) is 2.99. The molecule has 1 heterocycles. The molecule has 21 heavy (non-hydrogen) atoms. The van der Waals surface area contributed by atoms with Crippen molar-refractivity contribution in [1.29, 1.82) is 0 Å². The highest BCUT2D eigenvalue weighted by Gasteiger charge is 2.21. The van der Waals surface area contributed by atoms with E-state index in [4.69, 9.17) is 0 Å². The zero-order chi connectivity index (χ0) is 14.4. The molecular weight excluding hydrogens is 286 g/mol. The first kappa shape index (κ1) is 17.8. The van der Waals surface area contributed by atoms with E-state index in [2.05, 4.69) is 53.6 Å². The Balaban J connectivity index is 0.00000220. The van der Waals surface area contributed by atoms with Crippen LogP contribution in [0.5, 0.6) is 0 Å². The first-order valence-electron chi connectivity index (χ1n) is 7.54. The lowest BCUT2D eigenvalue weighted by molar-refractivity contribution is -0.122. The largest absolute Gasteiger partial charge is 0.370 e. The van der Waals surface area contributed by atoms with E-state index < -0.39 is 0 Å². The zero-order valence-electron chi connectivity index (χ0n) is 12.9. The topological polar surface area (TPSA) is 44.4 Å². The smallest absolute Gasteiger partial charge is 0.237 e. The summed E-state index contributed by atoms with van der Waals surface area (Å²) in [5.74, 6) is 0.142. The van der Waals surface area contributed by atoms with Gasteiger partial charge in [-0.25, -0.2) is 0 Å². The number of para-hydroxylation sites is 1. The summed E-state index contributed by atoms with van der Waals surface area (Å²) in [6, 6.07) is 8.40. The summed E-state index contributed by atoms with van der Waals surface area (Å²) in [7, 11) is 0. The lowest BCUT2D eigenvalue weighted by Crippen LogP contribution is -2.43. The van der Waals surface area contributed by atoms with Crippen LogP contribution in [0.15, 0.2) is 24.3 Å². The number of benzene rings is 1. The first-order chi connectivity index (χ1) is 9.72. The van der Waals surface area contributed by atoms with Crippen molar-refractivity contribution >= 4 is 24.0 Å².